The van der Waals surface area contributed by atoms with Crippen LogP contribution in [0.4, 0.5) is 5.69 Å². The van der Waals surface area contributed by atoms with Crippen molar-refractivity contribution >= 4 is 11.6 Å². The molecule has 0 aliphatic rings. The second kappa shape index (κ2) is 8.53. The van der Waals surface area contributed by atoms with Crippen LogP contribution in [0.2, 0.25) is 0 Å². The maximum Gasteiger partial charge on any atom is 0.231 e. The number of hydrogen-bond donors (Lipinski definition) is 2. The first-order chi connectivity index (χ1) is 9.11. The molecule has 4 nitrogen and oxygen atoms in total. The van der Waals surface area contributed by atoms with Gasteiger partial charge in [-0.15, -0.1) is 0 Å². The molecule has 0 unspecified atom stereocenters. The zero-order chi connectivity index (χ0) is 14.1. The van der Waals surface area contributed by atoms with Crippen molar-refractivity contribution in [2.75, 3.05) is 25.4 Å². The molecule has 0 aliphatic carbocycles. The Balaban J connectivity index is 2.34. The molecule has 4 N–H and O–H groups in total. The van der Waals surface area contributed by atoms with Crippen LogP contribution in [0.25, 0.3) is 0 Å². The normalized spacial score (nSPS) is 10.8. The van der Waals surface area contributed by atoms with Gasteiger partial charge in [-0.1, -0.05) is 25.5 Å². The van der Waals surface area contributed by atoms with Crippen molar-refractivity contribution in [2.45, 2.75) is 32.6 Å². The molecule has 0 spiro atoms. The quantitative estimate of drug-likeness (QED) is 0.667. The molecule has 1 rings (SSSR count). The zero-order valence-electron chi connectivity index (χ0n) is 11.8. The number of nitrogen functional groups attached to an aromatic ring is 1. The monoisotopic (exact) mass is 263 g/mol. The fourth-order valence-electron chi connectivity index (χ4n) is 2.06. The van der Waals surface area contributed by atoms with E-state index in [1.54, 1.807) is 0 Å². The van der Waals surface area contributed by atoms with Crippen molar-refractivity contribution in [2.24, 2.45) is 5.73 Å². The van der Waals surface area contributed by atoms with Crippen LogP contribution in [0.15, 0.2) is 24.3 Å². The van der Waals surface area contributed by atoms with Gasteiger partial charge in [-0.2, -0.15) is 0 Å². The number of hydrogen-bond acceptors (Lipinski definition) is 3. The summed E-state index contributed by atoms with van der Waals surface area (Å²) < 4.78 is 0. The highest BCUT2D eigenvalue weighted by Crippen LogP contribution is 2.08. The summed E-state index contributed by atoms with van der Waals surface area (Å²) in [5, 5.41) is 0. The fraction of sp³-hybridized carbons (Fsp3) is 0.533. The van der Waals surface area contributed by atoms with E-state index in [0.717, 1.165) is 44.5 Å². The number of amides is 1. The Morgan fingerprint density at radius 3 is 2.37 bits per heavy atom. The minimum Gasteiger partial charge on any atom is -0.399 e. The SMILES string of the molecule is CCCCN(CCCc1ccc(N)cc1)CC(N)=O. The van der Waals surface area contributed by atoms with Crippen molar-refractivity contribution in [3.05, 3.63) is 29.8 Å². The van der Waals surface area contributed by atoms with Crippen LogP contribution in [0.3, 0.4) is 0 Å². The van der Waals surface area contributed by atoms with Gasteiger partial charge < -0.3 is 11.5 Å². The number of nitrogens with zero attached hydrogens (tertiary/aromatic N) is 1. The van der Waals surface area contributed by atoms with E-state index < -0.39 is 0 Å². The Morgan fingerprint density at radius 2 is 1.79 bits per heavy atom. The number of unbranched alkanes of at least 4 members (excludes halogenated alkanes) is 1. The predicted molar refractivity (Wildman–Crippen MR) is 79.7 cm³/mol. The highest BCUT2D eigenvalue weighted by molar-refractivity contribution is 5.75. The first kappa shape index (κ1) is 15.5. The minimum atomic E-state index is -0.247. The van der Waals surface area contributed by atoms with Crippen molar-refractivity contribution in [3.8, 4) is 0 Å². The molecular formula is C15H25N3O. The van der Waals surface area contributed by atoms with Gasteiger partial charge in [0.15, 0.2) is 0 Å². The predicted octanol–water partition coefficient (Wildman–Crippen LogP) is 1.79. The summed E-state index contributed by atoms with van der Waals surface area (Å²) in [6, 6.07) is 7.96. The minimum absolute atomic E-state index is 0.247. The van der Waals surface area contributed by atoms with Gasteiger partial charge in [-0.25, -0.2) is 0 Å². The van der Waals surface area contributed by atoms with E-state index in [1.807, 2.05) is 12.1 Å². The van der Waals surface area contributed by atoms with Crippen molar-refractivity contribution in [1.29, 1.82) is 0 Å². The average molecular weight is 263 g/mol. The second-order valence-electron chi connectivity index (χ2n) is 4.94. The first-order valence-electron chi connectivity index (χ1n) is 6.97. The summed E-state index contributed by atoms with van der Waals surface area (Å²) >= 11 is 0. The van der Waals surface area contributed by atoms with Gasteiger partial charge in [0.05, 0.1) is 6.54 Å². The van der Waals surface area contributed by atoms with Crippen molar-refractivity contribution in [1.82, 2.24) is 4.90 Å². The molecule has 1 aromatic carbocycles. The molecular weight excluding hydrogens is 238 g/mol. The van der Waals surface area contributed by atoms with Crippen LogP contribution in [0.1, 0.15) is 31.7 Å². The number of carbonyl (C=O) groups is 1. The highest BCUT2D eigenvalue weighted by Gasteiger charge is 2.07. The Bertz CT molecular complexity index is 375. The summed E-state index contributed by atoms with van der Waals surface area (Å²) in [7, 11) is 0. The van der Waals surface area contributed by atoms with E-state index in [0.29, 0.717) is 6.54 Å². The topological polar surface area (TPSA) is 72.3 Å². The fourth-order valence-corrected chi connectivity index (χ4v) is 2.06. The molecule has 0 radical (unpaired) electrons. The van der Waals surface area contributed by atoms with Crippen LogP contribution in [0.5, 0.6) is 0 Å². The highest BCUT2D eigenvalue weighted by atomic mass is 16.1. The number of carbonyl (C=O) groups excluding carboxylic acids is 1. The summed E-state index contributed by atoms with van der Waals surface area (Å²) in [4.78, 5) is 13.2. The molecule has 0 bridgehead atoms. The molecule has 0 aromatic heterocycles. The molecule has 0 heterocycles. The van der Waals surface area contributed by atoms with Crippen molar-refractivity contribution in [3.63, 3.8) is 0 Å². The maximum atomic E-state index is 11.0. The van der Waals surface area contributed by atoms with Gasteiger partial charge in [-0.05, 0) is 50.0 Å². The zero-order valence-corrected chi connectivity index (χ0v) is 11.8. The second-order valence-corrected chi connectivity index (χ2v) is 4.94. The van der Waals surface area contributed by atoms with Gasteiger partial charge in [0.1, 0.15) is 0 Å². The number of primary amides is 1. The van der Waals surface area contributed by atoms with E-state index in [2.05, 4.69) is 24.0 Å². The van der Waals surface area contributed by atoms with E-state index >= 15 is 0 Å². The van der Waals surface area contributed by atoms with Gasteiger partial charge >= 0.3 is 0 Å². The lowest BCUT2D eigenvalue weighted by atomic mass is 10.1. The average Bonchev–Trinajstić information content (AvgIpc) is 2.37. The smallest absolute Gasteiger partial charge is 0.231 e. The molecule has 0 aliphatic heterocycles. The van der Waals surface area contributed by atoms with Gasteiger partial charge in [0, 0.05) is 5.69 Å². The third-order valence-electron chi connectivity index (χ3n) is 3.13. The van der Waals surface area contributed by atoms with Crippen LogP contribution < -0.4 is 11.5 Å². The largest absolute Gasteiger partial charge is 0.399 e. The Labute approximate surface area is 115 Å². The molecule has 1 aromatic rings. The lowest BCUT2D eigenvalue weighted by Crippen LogP contribution is -2.35. The van der Waals surface area contributed by atoms with Gasteiger partial charge in [0.2, 0.25) is 5.91 Å². The molecule has 1 amide bonds. The van der Waals surface area contributed by atoms with Crippen LogP contribution in [-0.4, -0.2) is 30.4 Å². The van der Waals surface area contributed by atoms with Crippen LogP contribution in [0, 0.1) is 0 Å². The summed E-state index contributed by atoms with van der Waals surface area (Å²) in [6.45, 7) is 4.37. The van der Waals surface area contributed by atoms with Crippen LogP contribution in [-0.2, 0) is 11.2 Å². The Kier molecular flexibility index (Phi) is 6.97. The summed E-state index contributed by atoms with van der Waals surface area (Å²) in [6.07, 6.45) is 4.27. The first-order valence-corrected chi connectivity index (χ1v) is 6.97. The Morgan fingerprint density at radius 1 is 1.16 bits per heavy atom. The molecule has 0 atom stereocenters. The lowest BCUT2D eigenvalue weighted by molar-refractivity contribution is -0.119. The molecule has 0 saturated carbocycles. The number of nitrogens with two attached hydrogens (primary N) is 2. The standard InChI is InChI=1S/C15H25N3O/c1-2-3-10-18(12-15(17)19)11-4-5-13-6-8-14(16)9-7-13/h6-9H,2-5,10-12,16H2,1H3,(H2,17,19). The van der Waals surface area contributed by atoms with E-state index in [1.165, 1.54) is 5.56 Å². The third kappa shape index (κ3) is 6.82. The third-order valence-corrected chi connectivity index (χ3v) is 3.13. The maximum absolute atomic E-state index is 11.0. The van der Waals surface area contributed by atoms with Crippen molar-refractivity contribution < 1.29 is 4.79 Å². The molecule has 19 heavy (non-hydrogen) atoms. The van der Waals surface area contributed by atoms with Gasteiger partial charge in [-0.3, -0.25) is 9.69 Å². The van der Waals surface area contributed by atoms with Gasteiger partial charge in [0.25, 0.3) is 0 Å². The lowest BCUT2D eigenvalue weighted by Gasteiger charge is -2.20. The summed E-state index contributed by atoms with van der Waals surface area (Å²) in [5.41, 5.74) is 13.0. The molecule has 0 fully saturated rings. The van der Waals surface area contributed by atoms with Crippen LogP contribution >= 0.6 is 0 Å². The molecule has 4 heteroatoms. The number of aryl methyl sites for hydroxylation is 1. The number of benzene rings is 1. The Hall–Kier alpha value is -1.55. The summed E-state index contributed by atoms with van der Waals surface area (Å²) in [5.74, 6) is -0.247. The molecule has 0 saturated heterocycles. The van der Waals surface area contributed by atoms with E-state index in [-0.39, 0.29) is 5.91 Å². The molecule has 106 valence electrons. The number of anilines is 1. The van der Waals surface area contributed by atoms with E-state index in [4.69, 9.17) is 11.5 Å². The van der Waals surface area contributed by atoms with E-state index in [9.17, 15) is 4.79 Å². The number of rotatable bonds is 9.